The molecule has 108 valence electrons. The van der Waals surface area contributed by atoms with Crippen LogP contribution in [0.1, 0.15) is 5.69 Å². The highest BCUT2D eigenvalue weighted by atomic mass is 32.2. The lowest BCUT2D eigenvalue weighted by Gasteiger charge is -2.06. The first-order chi connectivity index (χ1) is 9.55. The van der Waals surface area contributed by atoms with E-state index in [1.54, 1.807) is 12.3 Å². The molecule has 0 amide bonds. The van der Waals surface area contributed by atoms with E-state index in [1.165, 1.54) is 18.1 Å². The SMILES string of the molecule is Nc1cccc(SCCS(=O)(=O)NCc2cnc[nH]2)c1. The zero-order valence-electron chi connectivity index (χ0n) is 10.7. The second kappa shape index (κ2) is 6.78. The molecule has 6 nitrogen and oxygen atoms in total. The topological polar surface area (TPSA) is 101 Å². The number of aromatic nitrogens is 2. The van der Waals surface area contributed by atoms with Crippen LogP contribution in [0.2, 0.25) is 0 Å². The van der Waals surface area contributed by atoms with Crippen LogP contribution in [0, 0.1) is 0 Å². The van der Waals surface area contributed by atoms with Crippen LogP contribution in [0.3, 0.4) is 0 Å². The summed E-state index contributed by atoms with van der Waals surface area (Å²) in [5, 5.41) is 0. The van der Waals surface area contributed by atoms with Crippen LogP contribution in [0.25, 0.3) is 0 Å². The standard InChI is InChI=1S/C12H16N4O2S2/c13-10-2-1-3-12(6-10)19-4-5-20(17,18)16-8-11-7-14-9-15-11/h1-3,6-7,9,16H,4-5,8,13H2,(H,14,15). The normalized spacial score (nSPS) is 11.6. The molecule has 0 aliphatic carbocycles. The molecule has 0 bridgehead atoms. The Hall–Kier alpha value is -1.51. The number of hydrogen-bond donors (Lipinski definition) is 3. The van der Waals surface area contributed by atoms with E-state index in [1.807, 2.05) is 18.2 Å². The average molecular weight is 312 g/mol. The maximum atomic E-state index is 11.8. The van der Waals surface area contributed by atoms with Gasteiger partial charge in [-0.1, -0.05) is 6.07 Å². The predicted octanol–water partition coefficient (Wildman–Crippen LogP) is 1.20. The maximum absolute atomic E-state index is 11.8. The molecule has 0 atom stereocenters. The summed E-state index contributed by atoms with van der Waals surface area (Å²) in [5.41, 5.74) is 7.07. The summed E-state index contributed by atoms with van der Waals surface area (Å²) < 4.78 is 26.1. The van der Waals surface area contributed by atoms with E-state index >= 15 is 0 Å². The Balaban J connectivity index is 1.77. The summed E-state index contributed by atoms with van der Waals surface area (Å²) in [4.78, 5) is 7.63. The number of rotatable bonds is 7. The number of nitrogen functional groups attached to an aromatic ring is 1. The molecular weight excluding hydrogens is 296 g/mol. The second-order valence-corrected chi connectivity index (χ2v) is 7.23. The van der Waals surface area contributed by atoms with Gasteiger partial charge in [0.1, 0.15) is 0 Å². The van der Waals surface area contributed by atoms with Crippen molar-refractivity contribution in [1.29, 1.82) is 0 Å². The smallest absolute Gasteiger partial charge is 0.212 e. The minimum atomic E-state index is -3.29. The molecule has 8 heteroatoms. The quantitative estimate of drug-likeness (QED) is 0.527. The first-order valence-electron chi connectivity index (χ1n) is 5.98. The number of aromatic amines is 1. The van der Waals surface area contributed by atoms with Crippen molar-refractivity contribution in [2.75, 3.05) is 17.2 Å². The maximum Gasteiger partial charge on any atom is 0.212 e. The van der Waals surface area contributed by atoms with Gasteiger partial charge in [-0.3, -0.25) is 0 Å². The zero-order chi connectivity index (χ0) is 14.4. The number of anilines is 1. The monoisotopic (exact) mass is 312 g/mol. The van der Waals surface area contributed by atoms with E-state index in [0.29, 0.717) is 11.4 Å². The molecule has 0 spiro atoms. The Morgan fingerprint density at radius 3 is 2.95 bits per heavy atom. The fraction of sp³-hybridized carbons (Fsp3) is 0.250. The van der Waals surface area contributed by atoms with Gasteiger partial charge in [-0.25, -0.2) is 18.1 Å². The molecular formula is C12H16N4O2S2. The molecule has 20 heavy (non-hydrogen) atoms. The molecule has 0 saturated heterocycles. The van der Waals surface area contributed by atoms with Gasteiger partial charge in [0.25, 0.3) is 0 Å². The molecule has 1 aromatic carbocycles. The molecule has 0 aliphatic heterocycles. The fourth-order valence-electron chi connectivity index (χ4n) is 1.51. The number of nitrogens with two attached hydrogens (primary N) is 1. The van der Waals surface area contributed by atoms with Crippen molar-refractivity contribution in [3.05, 3.63) is 42.5 Å². The first kappa shape index (κ1) is 14.9. The lowest BCUT2D eigenvalue weighted by molar-refractivity contribution is 0.582. The van der Waals surface area contributed by atoms with E-state index in [4.69, 9.17) is 5.73 Å². The van der Waals surface area contributed by atoms with Gasteiger partial charge in [0.05, 0.1) is 18.6 Å². The lowest BCUT2D eigenvalue weighted by Crippen LogP contribution is -2.27. The molecule has 4 N–H and O–H groups in total. The van der Waals surface area contributed by atoms with E-state index < -0.39 is 10.0 Å². The Morgan fingerprint density at radius 1 is 1.40 bits per heavy atom. The van der Waals surface area contributed by atoms with Gasteiger partial charge in [-0.05, 0) is 18.2 Å². The number of benzene rings is 1. The van der Waals surface area contributed by atoms with Crippen LogP contribution >= 0.6 is 11.8 Å². The van der Waals surface area contributed by atoms with E-state index in [-0.39, 0.29) is 12.3 Å². The molecule has 2 aromatic rings. The molecule has 0 unspecified atom stereocenters. The zero-order valence-corrected chi connectivity index (χ0v) is 12.4. The number of H-pyrrole nitrogens is 1. The van der Waals surface area contributed by atoms with Gasteiger partial charge in [0.2, 0.25) is 10.0 Å². The number of thioether (sulfide) groups is 1. The minimum absolute atomic E-state index is 0.0562. The number of sulfonamides is 1. The highest BCUT2D eigenvalue weighted by Crippen LogP contribution is 2.20. The lowest BCUT2D eigenvalue weighted by atomic mass is 10.3. The third-order valence-electron chi connectivity index (χ3n) is 2.52. The molecule has 1 heterocycles. The molecule has 0 aliphatic rings. The average Bonchev–Trinajstić information content (AvgIpc) is 2.89. The van der Waals surface area contributed by atoms with Crippen molar-refractivity contribution < 1.29 is 8.42 Å². The molecule has 0 saturated carbocycles. The molecule has 1 aromatic heterocycles. The summed E-state index contributed by atoms with van der Waals surface area (Å²) in [6, 6.07) is 7.39. The highest BCUT2D eigenvalue weighted by Gasteiger charge is 2.10. The molecule has 0 fully saturated rings. The van der Waals surface area contributed by atoms with Gasteiger partial charge in [-0.2, -0.15) is 0 Å². The van der Waals surface area contributed by atoms with Crippen molar-refractivity contribution in [2.24, 2.45) is 0 Å². The number of nitrogens with one attached hydrogen (secondary N) is 2. The van der Waals surface area contributed by atoms with Crippen molar-refractivity contribution >= 4 is 27.5 Å². The van der Waals surface area contributed by atoms with E-state index in [2.05, 4.69) is 14.7 Å². The highest BCUT2D eigenvalue weighted by molar-refractivity contribution is 8.00. The second-order valence-electron chi connectivity index (χ2n) is 4.14. The number of imidazole rings is 1. The van der Waals surface area contributed by atoms with Crippen LogP contribution in [-0.4, -0.2) is 29.9 Å². The van der Waals surface area contributed by atoms with Gasteiger partial charge < -0.3 is 10.7 Å². The Morgan fingerprint density at radius 2 is 2.25 bits per heavy atom. The minimum Gasteiger partial charge on any atom is -0.399 e. The van der Waals surface area contributed by atoms with Gasteiger partial charge >= 0.3 is 0 Å². The predicted molar refractivity (Wildman–Crippen MR) is 80.8 cm³/mol. The van der Waals surface area contributed by atoms with Crippen molar-refractivity contribution in [3.63, 3.8) is 0 Å². The van der Waals surface area contributed by atoms with E-state index in [0.717, 1.165) is 10.6 Å². The van der Waals surface area contributed by atoms with Crippen LogP contribution < -0.4 is 10.5 Å². The summed E-state index contributed by atoms with van der Waals surface area (Å²) in [6.07, 6.45) is 3.10. The van der Waals surface area contributed by atoms with Crippen LogP contribution in [0.15, 0.2) is 41.7 Å². The van der Waals surface area contributed by atoms with Gasteiger partial charge in [-0.15, -0.1) is 11.8 Å². The number of hydrogen-bond acceptors (Lipinski definition) is 5. The van der Waals surface area contributed by atoms with Crippen molar-refractivity contribution in [2.45, 2.75) is 11.4 Å². The van der Waals surface area contributed by atoms with Crippen molar-refractivity contribution in [3.8, 4) is 0 Å². The van der Waals surface area contributed by atoms with E-state index in [9.17, 15) is 8.42 Å². The van der Waals surface area contributed by atoms with Crippen LogP contribution in [0.5, 0.6) is 0 Å². The van der Waals surface area contributed by atoms with Crippen LogP contribution in [-0.2, 0) is 16.6 Å². The first-order valence-corrected chi connectivity index (χ1v) is 8.62. The molecule has 0 radical (unpaired) electrons. The Kier molecular flexibility index (Phi) is 5.05. The summed E-state index contributed by atoms with van der Waals surface area (Å²) in [5.74, 6) is 0.530. The van der Waals surface area contributed by atoms with Gasteiger partial charge in [0.15, 0.2) is 0 Å². The fourth-order valence-corrected chi connectivity index (χ4v) is 3.88. The summed E-state index contributed by atoms with van der Waals surface area (Å²) in [7, 11) is -3.29. The summed E-state index contributed by atoms with van der Waals surface area (Å²) >= 11 is 1.47. The Bertz CT molecular complexity index is 641. The Labute approximate surface area is 122 Å². The largest absolute Gasteiger partial charge is 0.399 e. The van der Waals surface area contributed by atoms with Crippen LogP contribution in [0.4, 0.5) is 5.69 Å². The molecule has 2 rings (SSSR count). The number of nitrogens with zero attached hydrogens (tertiary/aromatic N) is 1. The van der Waals surface area contributed by atoms with Crippen molar-refractivity contribution in [1.82, 2.24) is 14.7 Å². The third-order valence-corrected chi connectivity index (χ3v) is 5.10. The third kappa shape index (κ3) is 4.87. The summed E-state index contributed by atoms with van der Waals surface area (Å²) in [6.45, 7) is 0.227. The van der Waals surface area contributed by atoms with Gasteiger partial charge in [0, 0.05) is 28.2 Å².